The number of nitrogens with zero attached hydrogens (tertiary/aromatic N) is 1. The molecule has 0 aliphatic heterocycles. The molecule has 2 rings (SSSR count). The van der Waals surface area contributed by atoms with Gasteiger partial charge in [-0.25, -0.2) is 16.8 Å². The lowest BCUT2D eigenvalue weighted by Gasteiger charge is -2.25. The van der Waals surface area contributed by atoms with Gasteiger partial charge in [0.2, 0.25) is 10.0 Å². The smallest absolute Gasteiger partial charge is 0.223 e. The molecule has 2 aromatic rings. The molecule has 5 nitrogen and oxygen atoms in total. The Labute approximate surface area is 212 Å². The average molecular weight is 530 g/mol. The molecule has 35 heavy (non-hydrogen) atoms. The van der Waals surface area contributed by atoms with Gasteiger partial charge in [-0.3, -0.25) is 0 Å². The maximum Gasteiger partial charge on any atom is 0.244 e. The van der Waals surface area contributed by atoms with E-state index >= 15 is 0 Å². The van der Waals surface area contributed by atoms with Gasteiger partial charge in [0.25, 0.3) is 0 Å². The van der Waals surface area contributed by atoms with E-state index in [-0.39, 0.29) is 22.9 Å². The van der Waals surface area contributed by atoms with Crippen LogP contribution in [0, 0.1) is 18.4 Å². The van der Waals surface area contributed by atoms with E-state index in [1.54, 1.807) is 39.0 Å². The van der Waals surface area contributed by atoms with Crippen LogP contribution in [-0.4, -0.2) is 47.1 Å². The first-order valence-corrected chi connectivity index (χ1v) is 17.8. The van der Waals surface area contributed by atoms with Crippen molar-refractivity contribution < 1.29 is 16.8 Å². The van der Waals surface area contributed by atoms with Crippen LogP contribution in [0.3, 0.4) is 0 Å². The zero-order chi connectivity index (χ0) is 26.5. The second-order valence-electron chi connectivity index (χ2n) is 10.4. The fourth-order valence-electron chi connectivity index (χ4n) is 2.93. The largest absolute Gasteiger partial charge is 0.244 e. The van der Waals surface area contributed by atoms with Crippen LogP contribution in [0.4, 0.5) is 0 Å². The fraction of sp³-hybridized carbons (Fsp3) is 0.370. The summed E-state index contributed by atoms with van der Waals surface area (Å²) >= 11 is 0. The third kappa shape index (κ3) is 8.06. The van der Waals surface area contributed by atoms with Gasteiger partial charge in [-0.05, 0) is 51.5 Å². The predicted molar refractivity (Wildman–Crippen MR) is 148 cm³/mol. The highest BCUT2D eigenvalue weighted by atomic mass is 32.2. The van der Waals surface area contributed by atoms with Gasteiger partial charge in [-0.15, -0.1) is 11.3 Å². The second-order valence-corrected chi connectivity index (χ2v) is 19.8. The lowest BCUT2D eigenvalue weighted by molar-refractivity contribution is 0.473. The van der Waals surface area contributed by atoms with Crippen molar-refractivity contribution in [3.63, 3.8) is 0 Å². The van der Waals surface area contributed by atoms with E-state index in [2.05, 4.69) is 36.8 Å². The van der Waals surface area contributed by atoms with Crippen LogP contribution in [0.2, 0.25) is 19.6 Å². The molecule has 0 N–H and O–H groups in total. The van der Waals surface area contributed by atoms with E-state index in [9.17, 15) is 16.8 Å². The maximum atomic E-state index is 13.6. The monoisotopic (exact) mass is 529 g/mol. The molecule has 0 fully saturated rings. The minimum absolute atomic E-state index is 0.0949. The Bertz CT molecular complexity index is 1360. The molecule has 0 unspecified atom stereocenters. The molecule has 0 aromatic heterocycles. The molecule has 0 spiro atoms. The van der Waals surface area contributed by atoms with Crippen molar-refractivity contribution in [2.24, 2.45) is 0 Å². The minimum atomic E-state index is -4.01. The summed E-state index contributed by atoms with van der Waals surface area (Å²) in [5.41, 5.74) is 7.78. The SMILES string of the molecule is Cc1ccc(S(=O)(=O)N(CC#C[Si](C)(C)C)CC(=C=Cc2ccccc2)S(=O)(=O)C(C)(C)C)cc1. The van der Waals surface area contributed by atoms with Gasteiger partial charge in [0.05, 0.1) is 22.7 Å². The van der Waals surface area contributed by atoms with Crippen LogP contribution >= 0.6 is 0 Å². The zero-order valence-corrected chi connectivity index (χ0v) is 24.2. The Morgan fingerprint density at radius 2 is 1.51 bits per heavy atom. The molecule has 8 heteroatoms. The topological polar surface area (TPSA) is 71.5 Å². The lowest BCUT2D eigenvalue weighted by Crippen LogP contribution is -2.38. The van der Waals surface area contributed by atoms with Gasteiger partial charge in [-0.2, -0.15) is 4.31 Å². The van der Waals surface area contributed by atoms with Gasteiger partial charge in [0.1, 0.15) is 13.0 Å². The molecule has 0 aliphatic carbocycles. The second kappa shape index (κ2) is 11.1. The maximum absolute atomic E-state index is 13.6. The Morgan fingerprint density at radius 3 is 2.03 bits per heavy atom. The number of sulfonamides is 1. The number of rotatable bonds is 7. The average Bonchev–Trinajstić information content (AvgIpc) is 2.74. The van der Waals surface area contributed by atoms with Crippen LogP contribution in [0.15, 0.2) is 70.1 Å². The Balaban J connectivity index is 2.67. The summed E-state index contributed by atoms with van der Waals surface area (Å²) in [5, 5.41) is 0. The highest BCUT2D eigenvalue weighted by Gasteiger charge is 2.36. The van der Waals surface area contributed by atoms with E-state index in [0.717, 1.165) is 15.4 Å². The zero-order valence-electron chi connectivity index (χ0n) is 21.6. The summed E-state index contributed by atoms with van der Waals surface area (Å²) in [5.74, 6) is 2.99. The predicted octanol–water partition coefficient (Wildman–Crippen LogP) is 5.28. The molecule has 0 heterocycles. The molecule has 0 aliphatic rings. The first-order chi connectivity index (χ1) is 16.0. The van der Waals surface area contributed by atoms with Crippen LogP contribution < -0.4 is 0 Å². The standard InChI is InChI=1S/C27H35NO4S2Si/c1-23-14-17-25(18-15-23)34(31,32)28(20-11-21-35(5,6)7)22-26(33(29,30)27(2,3)4)19-16-24-12-9-8-10-13-24/h8-10,12-18H,20,22H2,1-7H3. The molecular weight excluding hydrogens is 495 g/mol. The quantitative estimate of drug-likeness (QED) is 0.278. The number of benzene rings is 2. The van der Waals surface area contributed by atoms with Crippen molar-refractivity contribution in [3.05, 3.63) is 76.4 Å². The molecule has 0 saturated heterocycles. The molecule has 0 radical (unpaired) electrons. The summed E-state index contributed by atoms with van der Waals surface area (Å²) in [7, 11) is -9.66. The minimum Gasteiger partial charge on any atom is -0.223 e. The summed E-state index contributed by atoms with van der Waals surface area (Å²) in [6.07, 6.45) is 1.57. The van der Waals surface area contributed by atoms with Crippen molar-refractivity contribution >= 4 is 34.0 Å². The number of aryl methyl sites for hydroxylation is 1. The van der Waals surface area contributed by atoms with Crippen molar-refractivity contribution in [1.29, 1.82) is 0 Å². The highest BCUT2D eigenvalue weighted by molar-refractivity contribution is 7.96. The molecule has 0 saturated carbocycles. The Morgan fingerprint density at radius 1 is 0.943 bits per heavy atom. The van der Waals surface area contributed by atoms with E-state index in [4.69, 9.17) is 0 Å². The van der Waals surface area contributed by atoms with Crippen LogP contribution in [0.25, 0.3) is 6.08 Å². The van der Waals surface area contributed by atoms with Gasteiger partial charge < -0.3 is 0 Å². The van der Waals surface area contributed by atoms with Crippen LogP contribution in [-0.2, 0) is 19.9 Å². The Hall–Kier alpha value is -2.40. The molecular formula is C27H35NO4S2Si. The number of hydrogen-bond acceptors (Lipinski definition) is 4. The normalized spacial score (nSPS) is 12.5. The van der Waals surface area contributed by atoms with Crippen molar-refractivity contribution in [1.82, 2.24) is 4.31 Å². The first kappa shape index (κ1) is 28.8. The summed E-state index contributed by atoms with van der Waals surface area (Å²) < 4.78 is 54.2. The van der Waals surface area contributed by atoms with E-state index in [1.807, 2.05) is 37.3 Å². The third-order valence-electron chi connectivity index (χ3n) is 5.03. The van der Waals surface area contributed by atoms with Gasteiger partial charge in [0.15, 0.2) is 9.84 Å². The molecule has 0 bridgehead atoms. The van der Waals surface area contributed by atoms with Gasteiger partial charge in [0, 0.05) is 0 Å². The van der Waals surface area contributed by atoms with Crippen LogP contribution in [0.1, 0.15) is 31.9 Å². The van der Waals surface area contributed by atoms with Gasteiger partial charge >= 0.3 is 0 Å². The summed E-state index contributed by atoms with van der Waals surface area (Å²) in [6.45, 7) is 12.4. The number of hydrogen-bond donors (Lipinski definition) is 0. The Kier molecular flexibility index (Phi) is 9.15. The summed E-state index contributed by atoms with van der Waals surface area (Å²) in [6, 6.07) is 15.7. The van der Waals surface area contributed by atoms with E-state index in [0.29, 0.717) is 0 Å². The molecule has 2 aromatic carbocycles. The molecule has 188 valence electrons. The number of sulfone groups is 1. The van der Waals surface area contributed by atoms with Crippen LogP contribution in [0.5, 0.6) is 0 Å². The first-order valence-electron chi connectivity index (χ1n) is 11.4. The van der Waals surface area contributed by atoms with Crippen molar-refractivity contribution in [2.75, 3.05) is 13.1 Å². The fourth-order valence-corrected chi connectivity index (χ4v) is 6.21. The highest BCUT2D eigenvalue weighted by Crippen LogP contribution is 2.26. The third-order valence-corrected chi connectivity index (χ3v) is 10.3. The van der Waals surface area contributed by atoms with E-state index < -0.39 is 32.7 Å². The van der Waals surface area contributed by atoms with Crippen molar-refractivity contribution in [3.8, 4) is 11.5 Å². The van der Waals surface area contributed by atoms with E-state index in [1.165, 1.54) is 12.1 Å². The van der Waals surface area contributed by atoms with Gasteiger partial charge in [-0.1, -0.05) is 73.6 Å². The molecule has 0 amide bonds. The lowest BCUT2D eigenvalue weighted by atomic mass is 10.2. The van der Waals surface area contributed by atoms with Crippen molar-refractivity contribution in [2.45, 2.75) is 57.0 Å². The molecule has 0 atom stereocenters. The summed E-state index contributed by atoms with van der Waals surface area (Å²) in [4.78, 5) is -0.00297.